The van der Waals surface area contributed by atoms with Crippen LogP contribution in [0.1, 0.15) is 48.0 Å². The van der Waals surface area contributed by atoms with Gasteiger partial charge in [-0.25, -0.2) is 22.0 Å². The highest BCUT2D eigenvalue weighted by molar-refractivity contribution is 7.90. The van der Waals surface area contributed by atoms with E-state index in [1.165, 1.54) is 48.9 Å². The lowest BCUT2D eigenvalue weighted by atomic mass is 9.82. The van der Waals surface area contributed by atoms with E-state index in [1.807, 2.05) is 6.92 Å². The lowest BCUT2D eigenvalue weighted by Crippen LogP contribution is -2.23. The number of aliphatic carboxylic acids is 1. The van der Waals surface area contributed by atoms with Crippen LogP contribution in [0, 0.1) is 12.3 Å². The number of carbonyl (C=O) groups is 2. The minimum absolute atomic E-state index is 0.00812. The third-order valence-corrected chi connectivity index (χ3v) is 8.55. The molecule has 4 rings (SSSR count). The topological polar surface area (TPSA) is 116 Å². The van der Waals surface area contributed by atoms with Crippen molar-refractivity contribution in [2.24, 2.45) is 5.41 Å². The molecule has 40 heavy (non-hydrogen) atoms. The quantitative estimate of drug-likeness (QED) is 0.162. The second-order valence-electron chi connectivity index (χ2n) is 9.95. The van der Waals surface area contributed by atoms with E-state index in [0.717, 1.165) is 9.54 Å². The maximum absolute atomic E-state index is 14.1. The van der Waals surface area contributed by atoms with Gasteiger partial charge in [-0.2, -0.15) is 0 Å². The summed E-state index contributed by atoms with van der Waals surface area (Å²) < 4.78 is 39.5. The molecule has 11 heteroatoms. The number of furan rings is 1. The van der Waals surface area contributed by atoms with Gasteiger partial charge in [0, 0.05) is 16.0 Å². The van der Waals surface area contributed by atoms with E-state index in [-0.39, 0.29) is 50.3 Å². The van der Waals surface area contributed by atoms with Crippen LogP contribution in [0.4, 0.5) is 0 Å². The Bertz CT molecular complexity index is 1730. The minimum Gasteiger partial charge on any atom is -0.478 e. The Balaban J connectivity index is 2.05. The van der Waals surface area contributed by atoms with Crippen LogP contribution in [-0.4, -0.2) is 36.0 Å². The van der Waals surface area contributed by atoms with E-state index < -0.39 is 27.4 Å². The summed E-state index contributed by atoms with van der Waals surface area (Å²) in [5.41, 5.74) is 0.439. The van der Waals surface area contributed by atoms with Crippen LogP contribution in [0.5, 0.6) is 0 Å². The van der Waals surface area contributed by atoms with E-state index in [1.54, 1.807) is 32.9 Å². The van der Waals surface area contributed by atoms with Crippen LogP contribution >= 0.6 is 23.2 Å². The van der Waals surface area contributed by atoms with Crippen molar-refractivity contribution in [1.29, 1.82) is 0 Å². The summed E-state index contributed by atoms with van der Waals surface area (Å²) >= 11 is 13.0. The van der Waals surface area contributed by atoms with E-state index >= 15 is 0 Å². The first-order valence-corrected chi connectivity index (χ1v) is 14.5. The molecule has 0 atom stereocenters. The predicted octanol–water partition coefficient (Wildman–Crippen LogP) is 7.00. The number of fused-ring (bicyclic) bond motifs is 1. The normalized spacial score (nSPS) is 12.6. The van der Waals surface area contributed by atoms with Gasteiger partial charge in [0.15, 0.2) is 0 Å². The smallest absolute Gasteiger partial charge is 0.356 e. The molecule has 0 unspecified atom stereocenters. The van der Waals surface area contributed by atoms with Crippen LogP contribution in [0.15, 0.2) is 70.4 Å². The number of aryl methyl sites for hydroxylation is 1. The van der Waals surface area contributed by atoms with Gasteiger partial charge < -0.3 is 14.3 Å². The molecular formula is C29H27Cl2NO7S. The van der Waals surface area contributed by atoms with Crippen LogP contribution in [0.25, 0.3) is 16.5 Å². The summed E-state index contributed by atoms with van der Waals surface area (Å²) in [7, 11) is -4.34. The van der Waals surface area contributed by atoms with Crippen LogP contribution < -0.4 is 0 Å². The number of benzene rings is 2. The zero-order chi connectivity index (χ0) is 29.4. The number of rotatable bonds is 9. The summed E-state index contributed by atoms with van der Waals surface area (Å²) in [4.78, 5) is 25.5. The summed E-state index contributed by atoms with van der Waals surface area (Å²) in [6.45, 7) is 6.97. The molecule has 1 N–H and O–H groups in total. The Labute approximate surface area is 241 Å². The number of carboxylic acids is 1. The van der Waals surface area contributed by atoms with Gasteiger partial charge in [0.2, 0.25) is 0 Å². The van der Waals surface area contributed by atoms with Crippen molar-refractivity contribution >= 4 is 61.6 Å². The first-order chi connectivity index (χ1) is 18.8. The number of ether oxygens (including phenoxy) is 1. The molecule has 0 bridgehead atoms. The SMILES string of the molecule is CCOC(=O)c1c(CC(C)(C)/C=C(/C(=O)O)c2ccoc2)c2c(Cl)cc(Cl)cc2n1S(=O)(=O)c1ccc(C)cc1. The molecule has 0 radical (unpaired) electrons. The molecule has 2 heterocycles. The molecule has 4 aromatic rings. The van der Waals surface area contributed by atoms with Gasteiger partial charge >= 0.3 is 11.9 Å². The highest BCUT2D eigenvalue weighted by Crippen LogP contribution is 2.41. The molecule has 0 saturated heterocycles. The fraction of sp³-hybridized carbons (Fsp3) is 0.241. The van der Waals surface area contributed by atoms with Crippen molar-refractivity contribution in [3.8, 4) is 0 Å². The largest absolute Gasteiger partial charge is 0.478 e. The summed E-state index contributed by atoms with van der Waals surface area (Å²) in [6, 6.07) is 10.6. The summed E-state index contributed by atoms with van der Waals surface area (Å²) in [5.74, 6) is -2.04. The number of aromatic nitrogens is 1. The zero-order valence-corrected chi connectivity index (χ0v) is 24.5. The first kappa shape index (κ1) is 29.5. The van der Waals surface area contributed by atoms with Crippen molar-refractivity contribution < 1.29 is 32.3 Å². The summed E-state index contributed by atoms with van der Waals surface area (Å²) in [6.07, 6.45) is 4.25. The van der Waals surface area contributed by atoms with E-state index in [4.69, 9.17) is 32.4 Å². The average molecular weight is 605 g/mol. The van der Waals surface area contributed by atoms with Crippen molar-refractivity contribution in [2.45, 2.75) is 39.0 Å². The third-order valence-electron chi connectivity index (χ3n) is 6.30. The van der Waals surface area contributed by atoms with Gasteiger partial charge in [0.05, 0.1) is 40.1 Å². The molecule has 2 aromatic heterocycles. The number of carbonyl (C=O) groups excluding carboxylic acids is 1. The van der Waals surface area contributed by atoms with E-state index in [0.29, 0.717) is 10.9 Å². The number of nitrogens with zero attached hydrogens (tertiary/aromatic N) is 1. The van der Waals surface area contributed by atoms with E-state index in [9.17, 15) is 23.1 Å². The maximum atomic E-state index is 14.1. The Morgan fingerprint density at radius 1 is 1.12 bits per heavy atom. The van der Waals surface area contributed by atoms with Crippen molar-refractivity contribution in [2.75, 3.05) is 6.61 Å². The highest BCUT2D eigenvalue weighted by Gasteiger charge is 2.35. The molecule has 0 spiro atoms. The van der Waals surface area contributed by atoms with Crippen molar-refractivity contribution in [1.82, 2.24) is 3.97 Å². The van der Waals surface area contributed by atoms with Crippen LogP contribution in [0.2, 0.25) is 10.0 Å². The number of hydrogen-bond acceptors (Lipinski definition) is 6. The maximum Gasteiger partial charge on any atom is 0.356 e. The van der Waals surface area contributed by atoms with Gasteiger partial charge in [0.1, 0.15) is 5.69 Å². The van der Waals surface area contributed by atoms with Crippen LogP contribution in [0.3, 0.4) is 0 Å². The van der Waals surface area contributed by atoms with E-state index in [2.05, 4.69) is 0 Å². The number of carboxylic acid groups (broad SMARTS) is 1. The second kappa shape index (κ2) is 11.2. The molecule has 0 aliphatic heterocycles. The Morgan fingerprint density at radius 3 is 2.38 bits per heavy atom. The minimum atomic E-state index is -4.34. The zero-order valence-electron chi connectivity index (χ0n) is 22.2. The standard InChI is InChI=1S/C29H27Cl2NO7S/c1-5-39-28(35)26-22(15-29(3,4)14-21(27(33)34)18-10-11-38-16-18)25-23(31)12-19(30)13-24(25)32(26)40(36,37)20-8-6-17(2)7-9-20/h6-14,16H,5,15H2,1-4H3,(H,33,34)/b21-14+. The number of halogens is 2. The number of esters is 1. The van der Waals surface area contributed by atoms with Gasteiger partial charge in [-0.3, -0.25) is 0 Å². The molecule has 8 nitrogen and oxygen atoms in total. The molecule has 0 saturated carbocycles. The summed E-state index contributed by atoms with van der Waals surface area (Å²) in [5, 5.41) is 10.5. The molecule has 0 fully saturated rings. The number of allylic oxidation sites excluding steroid dienone is 1. The Hall–Kier alpha value is -3.53. The third kappa shape index (κ3) is 5.68. The Kier molecular flexibility index (Phi) is 8.21. The molecule has 0 amide bonds. The number of hydrogen-bond donors (Lipinski definition) is 1. The molecule has 0 aliphatic rings. The lowest BCUT2D eigenvalue weighted by molar-refractivity contribution is -0.130. The molecule has 0 aliphatic carbocycles. The molecular weight excluding hydrogens is 577 g/mol. The second-order valence-corrected chi connectivity index (χ2v) is 12.6. The van der Waals surface area contributed by atoms with Gasteiger partial charge in [0.25, 0.3) is 10.0 Å². The van der Waals surface area contributed by atoms with Gasteiger partial charge in [-0.05, 0) is 61.6 Å². The average Bonchev–Trinajstić information content (AvgIpc) is 3.49. The fourth-order valence-corrected chi connectivity index (χ4v) is 6.72. The molecule has 2 aromatic carbocycles. The van der Waals surface area contributed by atoms with Gasteiger partial charge in [-0.1, -0.05) is 60.8 Å². The Morgan fingerprint density at radius 2 is 1.80 bits per heavy atom. The monoisotopic (exact) mass is 603 g/mol. The molecule has 210 valence electrons. The van der Waals surface area contributed by atoms with Crippen molar-refractivity contribution in [3.63, 3.8) is 0 Å². The van der Waals surface area contributed by atoms with Crippen molar-refractivity contribution in [3.05, 3.63) is 93.5 Å². The lowest BCUT2D eigenvalue weighted by Gasteiger charge is -2.22. The van der Waals surface area contributed by atoms with Crippen LogP contribution in [-0.2, 0) is 26.0 Å². The highest BCUT2D eigenvalue weighted by atomic mass is 35.5. The van der Waals surface area contributed by atoms with Gasteiger partial charge in [-0.15, -0.1) is 0 Å². The first-order valence-electron chi connectivity index (χ1n) is 12.3. The predicted molar refractivity (Wildman–Crippen MR) is 153 cm³/mol. The fourth-order valence-electron chi connectivity index (χ4n) is 4.61.